The Kier molecular flexibility index (Phi) is 10.5. The van der Waals surface area contributed by atoms with Crippen molar-refractivity contribution in [2.24, 2.45) is 0 Å². The SMILES string of the molecule is CCOc1cc(C=O)cc(OCC)c1-n1cncn1.CCOc1cc(C=O)cc(OCC)c1F. The molecule has 0 aliphatic heterocycles. The zero-order valence-corrected chi connectivity index (χ0v) is 19.6. The fourth-order valence-corrected chi connectivity index (χ4v) is 2.93. The molecule has 2 aromatic carbocycles. The number of nitrogens with zero attached hydrogens (tertiary/aromatic N) is 3. The van der Waals surface area contributed by atoms with E-state index in [1.165, 1.54) is 18.5 Å². The summed E-state index contributed by atoms with van der Waals surface area (Å²) in [5.41, 5.74) is 1.48. The maximum Gasteiger partial charge on any atom is 0.206 e. The summed E-state index contributed by atoms with van der Waals surface area (Å²) in [6.45, 7) is 8.87. The first kappa shape index (κ1) is 26.3. The van der Waals surface area contributed by atoms with Crippen LogP contribution in [0.25, 0.3) is 5.69 Å². The smallest absolute Gasteiger partial charge is 0.206 e. The largest absolute Gasteiger partial charge is 0.491 e. The van der Waals surface area contributed by atoms with Gasteiger partial charge in [0.2, 0.25) is 5.82 Å². The number of hydrogen-bond acceptors (Lipinski definition) is 8. The fraction of sp³-hybridized carbons (Fsp3) is 0.333. The minimum Gasteiger partial charge on any atom is -0.491 e. The van der Waals surface area contributed by atoms with Crippen LogP contribution in [0.5, 0.6) is 23.0 Å². The van der Waals surface area contributed by atoms with Crippen LogP contribution in [0, 0.1) is 5.82 Å². The lowest BCUT2D eigenvalue weighted by Gasteiger charge is -2.15. The summed E-state index contributed by atoms with van der Waals surface area (Å²) < 4.78 is 36.4. The Hall–Kier alpha value is -3.95. The van der Waals surface area contributed by atoms with Gasteiger partial charge in [-0.25, -0.2) is 9.67 Å². The monoisotopic (exact) mass is 473 g/mol. The Bertz CT molecular complexity index is 1020. The van der Waals surface area contributed by atoms with Crippen LogP contribution in [-0.2, 0) is 0 Å². The van der Waals surface area contributed by atoms with Gasteiger partial charge in [0, 0.05) is 11.1 Å². The van der Waals surface area contributed by atoms with Crippen LogP contribution in [0.15, 0.2) is 36.9 Å². The molecule has 34 heavy (non-hydrogen) atoms. The number of aldehydes is 2. The van der Waals surface area contributed by atoms with Gasteiger partial charge in [-0.3, -0.25) is 9.59 Å². The lowest BCUT2D eigenvalue weighted by molar-refractivity contribution is 0.111. The maximum absolute atomic E-state index is 13.6. The van der Waals surface area contributed by atoms with Crippen molar-refractivity contribution >= 4 is 12.6 Å². The molecular formula is C24H28FN3O6. The normalized spacial score (nSPS) is 10.0. The van der Waals surface area contributed by atoms with E-state index in [-0.39, 0.29) is 11.5 Å². The van der Waals surface area contributed by atoms with E-state index in [0.29, 0.717) is 61.0 Å². The minimum absolute atomic E-state index is 0.0468. The first-order valence-corrected chi connectivity index (χ1v) is 10.8. The number of carbonyl (C=O) groups excluding carboxylic acids is 2. The van der Waals surface area contributed by atoms with Crippen molar-refractivity contribution in [3.63, 3.8) is 0 Å². The number of hydrogen-bond donors (Lipinski definition) is 0. The highest BCUT2D eigenvalue weighted by Gasteiger charge is 2.16. The molecule has 0 spiro atoms. The zero-order chi connectivity index (χ0) is 24.9. The number of benzene rings is 2. The molecule has 0 atom stereocenters. The highest BCUT2D eigenvalue weighted by atomic mass is 19.1. The van der Waals surface area contributed by atoms with Gasteiger partial charge in [0.1, 0.15) is 36.7 Å². The molecule has 182 valence electrons. The van der Waals surface area contributed by atoms with E-state index in [1.54, 1.807) is 37.0 Å². The van der Waals surface area contributed by atoms with E-state index in [9.17, 15) is 14.0 Å². The van der Waals surface area contributed by atoms with Gasteiger partial charge in [-0.1, -0.05) is 0 Å². The summed E-state index contributed by atoms with van der Waals surface area (Å²) >= 11 is 0. The van der Waals surface area contributed by atoms with Crippen molar-refractivity contribution in [1.29, 1.82) is 0 Å². The van der Waals surface area contributed by atoms with Gasteiger partial charge < -0.3 is 18.9 Å². The number of ether oxygens (including phenoxy) is 4. The Morgan fingerprint density at radius 1 is 0.765 bits per heavy atom. The second-order valence-electron chi connectivity index (χ2n) is 6.50. The third-order valence-corrected chi connectivity index (χ3v) is 4.21. The Morgan fingerprint density at radius 2 is 1.18 bits per heavy atom. The van der Waals surface area contributed by atoms with Crippen molar-refractivity contribution < 1.29 is 32.9 Å². The van der Waals surface area contributed by atoms with Gasteiger partial charge in [-0.15, -0.1) is 0 Å². The summed E-state index contributed by atoms with van der Waals surface area (Å²) in [6, 6.07) is 6.04. The average molecular weight is 474 g/mol. The standard InChI is InChI=1S/C13H15N3O3.C11H13FO3/c1-3-18-11-5-10(7-17)6-12(19-4-2)13(11)16-9-14-8-15-16;1-3-14-9-5-8(7-13)6-10(11(9)12)15-4-2/h5-9H,3-4H2,1-2H3;5-7H,3-4H2,1-2H3. The van der Waals surface area contributed by atoms with Crippen molar-refractivity contribution in [2.45, 2.75) is 27.7 Å². The van der Waals surface area contributed by atoms with Crippen LogP contribution in [0.3, 0.4) is 0 Å². The topological polar surface area (TPSA) is 102 Å². The molecule has 0 aliphatic carbocycles. The van der Waals surface area contributed by atoms with Crippen molar-refractivity contribution in [2.75, 3.05) is 26.4 Å². The molecule has 0 bridgehead atoms. The molecule has 0 N–H and O–H groups in total. The molecule has 3 rings (SSSR count). The molecule has 0 saturated heterocycles. The van der Waals surface area contributed by atoms with Gasteiger partial charge >= 0.3 is 0 Å². The van der Waals surface area contributed by atoms with Gasteiger partial charge in [0.15, 0.2) is 17.2 Å². The molecule has 0 amide bonds. The van der Waals surface area contributed by atoms with Gasteiger partial charge in [0.25, 0.3) is 0 Å². The molecule has 0 unspecified atom stereocenters. The quantitative estimate of drug-likeness (QED) is 0.380. The Labute approximate surface area is 197 Å². The number of aromatic nitrogens is 3. The van der Waals surface area contributed by atoms with E-state index in [1.807, 2.05) is 13.8 Å². The Morgan fingerprint density at radius 3 is 1.53 bits per heavy atom. The third-order valence-electron chi connectivity index (χ3n) is 4.21. The summed E-state index contributed by atoms with van der Waals surface area (Å²) in [4.78, 5) is 25.5. The van der Waals surface area contributed by atoms with E-state index in [4.69, 9.17) is 18.9 Å². The van der Waals surface area contributed by atoms with Crippen LogP contribution in [0.2, 0.25) is 0 Å². The number of rotatable bonds is 11. The maximum atomic E-state index is 13.6. The first-order valence-electron chi connectivity index (χ1n) is 10.8. The fourth-order valence-electron chi connectivity index (χ4n) is 2.93. The molecule has 10 heteroatoms. The third kappa shape index (κ3) is 6.77. The molecule has 0 fully saturated rings. The van der Waals surface area contributed by atoms with Gasteiger partial charge in [-0.05, 0) is 52.0 Å². The lowest BCUT2D eigenvalue weighted by atomic mass is 10.2. The summed E-state index contributed by atoms with van der Waals surface area (Å²) in [6.07, 6.45) is 4.38. The molecule has 1 heterocycles. The second-order valence-corrected chi connectivity index (χ2v) is 6.50. The van der Waals surface area contributed by atoms with E-state index >= 15 is 0 Å². The highest BCUT2D eigenvalue weighted by Crippen LogP contribution is 2.33. The average Bonchev–Trinajstić information content (AvgIpc) is 3.37. The predicted octanol–water partition coefficient (Wildman–Crippen LogP) is 4.31. The number of carbonyl (C=O) groups is 2. The molecular weight excluding hydrogens is 445 g/mol. The Balaban J connectivity index is 0.000000248. The van der Waals surface area contributed by atoms with Crippen molar-refractivity contribution in [3.05, 3.63) is 53.9 Å². The van der Waals surface area contributed by atoms with Crippen LogP contribution in [0.1, 0.15) is 48.4 Å². The van der Waals surface area contributed by atoms with Crippen molar-refractivity contribution in [3.8, 4) is 28.7 Å². The molecule has 0 aliphatic rings. The van der Waals surface area contributed by atoms with Crippen LogP contribution < -0.4 is 18.9 Å². The molecule has 3 aromatic rings. The predicted molar refractivity (Wildman–Crippen MR) is 123 cm³/mol. The summed E-state index contributed by atoms with van der Waals surface area (Å²) in [7, 11) is 0. The molecule has 1 aromatic heterocycles. The van der Waals surface area contributed by atoms with Gasteiger partial charge in [0.05, 0.1) is 26.4 Å². The van der Waals surface area contributed by atoms with Crippen LogP contribution >= 0.6 is 0 Å². The number of halogens is 1. The first-order chi connectivity index (χ1) is 16.5. The second kappa shape index (κ2) is 13.6. The van der Waals surface area contributed by atoms with Gasteiger partial charge in [-0.2, -0.15) is 9.49 Å². The molecule has 0 radical (unpaired) electrons. The van der Waals surface area contributed by atoms with E-state index in [2.05, 4.69) is 10.1 Å². The van der Waals surface area contributed by atoms with Crippen molar-refractivity contribution in [1.82, 2.24) is 14.8 Å². The molecule has 0 saturated carbocycles. The summed E-state index contributed by atoms with van der Waals surface area (Å²) in [5, 5.41) is 4.09. The van der Waals surface area contributed by atoms with Crippen LogP contribution in [-0.4, -0.2) is 53.8 Å². The zero-order valence-electron chi connectivity index (χ0n) is 19.6. The van der Waals surface area contributed by atoms with E-state index in [0.717, 1.165) is 6.29 Å². The highest BCUT2D eigenvalue weighted by molar-refractivity contribution is 5.79. The summed E-state index contributed by atoms with van der Waals surface area (Å²) in [5.74, 6) is 0.613. The van der Waals surface area contributed by atoms with Crippen LogP contribution in [0.4, 0.5) is 4.39 Å². The minimum atomic E-state index is -0.565. The molecule has 9 nitrogen and oxygen atoms in total. The van der Waals surface area contributed by atoms with E-state index < -0.39 is 5.82 Å². The lowest BCUT2D eigenvalue weighted by Crippen LogP contribution is -2.06.